The van der Waals surface area contributed by atoms with Gasteiger partial charge in [-0.1, -0.05) is 6.58 Å². The van der Waals surface area contributed by atoms with E-state index in [1.165, 1.54) is 0 Å². The monoisotopic (exact) mass is 180 g/mol. The summed E-state index contributed by atoms with van der Waals surface area (Å²) in [5.41, 5.74) is 0. The van der Waals surface area contributed by atoms with Crippen LogP contribution in [-0.4, -0.2) is 25.1 Å². The molecule has 0 bridgehead atoms. The summed E-state index contributed by atoms with van der Waals surface area (Å²) < 4.78 is 32.9. The summed E-state index contributed by atoms with van der Waals surface area (Å²) in [7, 11) is 0. The van der Waals surface area contributed by atoms with Gasteiger partial charge in [0.1, 0.15) is 13.2 Å². The van der Waals surface area contributed by atoms with Crippen molar-refractivity contribution in [3.05, 3.63) is 12.8 Å². The van der Waals surface area contributed by atoms with Gasteiger partial charge in [-0.2, -0.15) is 8.78 Å². The van der Waals surface area contributed by atoms with E-state index in [0.29, 0.717) is 6.92 Å². The first-order chi connectivity index (χ1) is 5.48. The molecule has 0 radical (unpaired) electrons. The third kappa shape index (κ3) is 4.65. The van der Waals surface area contributed by atoms with Crippen molar-refractivity contribution in [2.45, 2.75) is 12.8 Å². The molecule has 0 rings (SSSR count). The number of carbonyl (C=O) groups excluding carboxylic acids is 1. The van der Waals surface area contributed by atoms with Gasteiger partial charge in [-0.25, -0.2) is 4.79 Å². The van der Waals surface area contributed by atoms with Gasteiger partial charge in [-0.05, 0) is 0 Å². The molecule has 0 heterocycles. The molecule has 0 N–H and O–H groups in total. The van der Waals surface area contributed by atoms with E-state index < -0.39 is 11.9 Å². The van der Waals surface area contributed by atoms with E-state index in [-0.39, 0.29) is 13.2 Å². The van der Waals surface area contributed by atoms with Crippen LogP contribution in [0.3, 0.4) is 0 Å². The van der Waals surface area contributed by atoms with E-state index in [0.717, 1.165) is 6.26 Å². The third-order valence-corrected chi connectivity index (χ3v) is 0.911. The summed E-state index contributed by atoms with van der Waals surface area (Å²) in [6.07, 6.45) is 1.14. The lowest BCUT2D eigenvalue weighted by Gasteiger charge is -2.09. The number of esters is 1. The minimum Gasteiger partial charge on any atom is -0.498 e. The van der Waals surface area contributed by atoms with E-state index in [4.69, 9.17) is 0 Å². The van der Waals surface area contributed by atoms with E-state index >= 15 is 0 Å². The van der Waals surface area contributed by atoms with Crippen LogP contribution in [0.25, 0.3) is 0 Å². The Kier molecular flexibility index (Phi) is 4.25. The second-order valence-electron chi connectivity index (χ2n) is 2.06. The van der Waals surface area contributed by atoms with Gasteiger partial charge >= 0.3 is 11.9 Å². The zero-order valence-corrected chi connectivity index (χ0v) is 6.68. The summed E-state index contributed by atoms with van der Waals surface area (Å²) in [5, 5.41) is 0. The topological polar surface area (TPSA) is 35.5 Å². The highest BCUT2D eigenvalue weighted by Gasteiger charge is 2.33. The van der Waals surface area contributed by atoms with Gasteiger partial charge in [-0.15, -0.1) is 0 Å². The third-order valence-electron chi connectivity index (χ3n) is 0.911. The first-order valence-electron chi connectivity index (χ1n) is 3.26. The molecule has 0 aromatic heterocycles. The second-order valence-corrected chi connectivity index (χ2v) is 2.06. The van der Waals surface area contributed by atoms with Crippen molar-refractivity contribution in [3.8, 4) is 0 Å². The van der Waals surface area contributed by atoms with E-state index in [2.05, 4.69) is 16.1 Å². The van der Waals surface area contributed by atoms with Gasteiger partial charge in [0.2, 0.25) is 0 Å². The highest BCUT2D eigenvalue weighted by Crippen LogP contribution is 2.12. The highest BCUT2D eigenvalue weighted by atomic mass is 19.3. The maximum atomic E-state index is 12.1. The van der Waals surface area contributed by atoms with Crippen LogP contribution in [0.1, 0.15) is 6.92 Å². The quantitative estimate of drug-likeness (QED) is 0.364. The maximum absolute atomic E-state index is 12.1. The largest absolute Gasteiger partial charge is 0.498 e. The normalized spacial score (nSPS) is 10.6. The minimum absolute atomic E-state index is 0.0331. The number of halogens is 2. The average Bonchev–Trinajstić information content (AvgIpc) is 1.96. The molecular weight excluding hydrogens is 170 g/mol. The van der Waals surface area contributed by atoms with Gasteiger partial charge in [0.25, 0.3) is 0 Å². The van der Waals surface area contributed by atoms with Crippen LogP contribution >= 0.6 is 0 Å². The SMILES string of the molecule is C=COCCOC(=O)C(C)(F)F. The van der Waals surface area contributed by atoms with Crippen LogP contribution in [0.4, 0.5) is 8.78 Å². The number of alkyl halides is 2. The number of rotatable bonds is 5. The van der Waals surface area contributed by atoms with Crippen LogP contribution in [-0.2, 0) is 14.3 Å². The van der Waals surface area contributed by atoms with Gasteiger partial charge in [0.15, 0.2) is 0 Å². The van der Waals surface area contributed by atoms with Gasteiger partial charge in [0.05, 0.1) is 6.26 Å². The van der Waals surface area contributed by atoms with Crippen molar-refractivity contribution in [3.63, 3.8) is 0 Å². The molecule has 0 saturated heterocycles. The smallest absolute Gasteiger partial charge is 0.376 e. The Balaban J connectivity index is 3.51. The molecule has 0 atom stereocenters. The summed E-state index contributed by atoms with van der Waals surface area (Å²) in [6, 6.07) is 0. The molecule has 0 aliphatic carbocycles. The molecule has 0 fully saturated rings. The lowest BCUT2D eigenvalue weighted by molar-refractivity contribution is -0.170. The molecule has 0 saturated carbocycles. The molecule has 0 spiro atoms. The van der Waals surface area contributed by atoms with Crippen molar-refractivity contribution in [1.82, 2.24) is 0 Å². The van der Waals surface area contributed by atoms with Gasteiger partial charge < -0.3 is 9.47 Å². The molecule has 0 aliphatic heterocycles. The molecular formula is C7H10F2O3. The summed E-state index contributed by atoms with van der Waals surface area (Å²) in [6.45, 7) is 3.52. The van der Waals surface area contributed by atoms with Crippen molar-refractivity contribution in [2.24, 2.45) is 0 Å². The van der Waals surface area contributed by atoms with Crippen LogP contribution in [0.5, 0.6) is 0 Å². The minimum atomic E-state index is -3.44. The predicted octanol–water partition coefficient (Wildman–Crippen LogP) is 1.34. The number of carbonyl (C=O) groups is 1. The summed E-state index contributed by atoms with van der Waals surface area (Å²) in [4.78, 5) is 10.4. The lowest BCUT2D eigenvalue weighted by atomic mass is 10.4. The van der Waals surface area contributed by atoms with E-state index in [9.17, 15) is 13.6 Å². The Labute approximate surface area is 69.0 Å². The number of hydrogen-bond donors (Lipinski definition) is 0. The average molecular weight is 180 g/mol. The van der Waals surface area contributed by atoms with Crippen molar-refractivity contribution >= 4 is 5.97 Å². The fourth-order valence-electron chi connectivity index (χ4n) is 0.393. The van der Waals surface area contributed by atoms with Crippen molar-refractivity contribution in [1.29, 1.82) is 0 Å². The van der Waals surface area contributed by atoms with Crippen LogP contribution in [0.15, 0.2) is 12.8 Å². The molecule has 0 unspecified atom stereocenters. The second kappa shape index (κ2) is 4.69. The first kappa shape index (κ1) is 10.9. The number of hydrogen-bond acceptors (Lipinski definition) is 3. The lowest BCUT2D eigenvalue weighted by Crippen LogP contribution is -2.27. The molecule has 70 valence electrons. The molecule has 0 aliphatic rings. The van der Waals surface area contributed by atoms with Crippen molar-refractivity contribution in [2.75, 3.05) is 13.2 Å². The maximum Gasteiger partial charge on any atom is 0.376 e. The standard InChI is InChI=1S/C7H10F2O3/c1-3-11-4-5-12-6(10)7(2,8)9/h3H,1,4-5H2,2H3. The molecule has 12 heavy (non-hydrogen) atoms. The molecule has 5 heteroatoms. The fraction of sp³-hybridized carbons (Fsp3) is 0.571. The Hall–Kier alpha value is -1.13. The van der Waals surface area contributed by atoms with Gasteiger partial charge in [0, 0.05) is 6.92 Å². The van der Waals surface area contributed by atoms with Crippen LogP contribution in [0.2, 0.25) is 0 Å². The number of ether oxygens (including phenoxy) is 2. The Morgan fingerprint density at radius 2 is 2.17 bits per heavy atom. The Morgan fingerprint density at radius 1 is 1.58 bits per heavy atom. The van der Waals surface area contributed by atoms with Crippen molar-refractivity contribution < 1.29 is 23.0 Å². The molecule has 0 amide bonds. The Morgan fingerprint density at radius 3 is 2.58 bits per heavy atom. The van der Waals surface area contributed by atoms with E-state index in [1.807, 2.05) is 0 Å². The molecule has 3 nitrogen and oxygen atoms in total. The highest BCUT2D eigenvalue weighted by molar-refractivity contribution is 5.76. The predicted molar refractivity (Wildman–Crippen MR) is 37.7 cm³/mol. The first-order valence-corrected chi connectivity index (χ1v) is 3.26. The summed E-state index contributed by atoms with van der Waals surface area (Å²) in [5.74, 6) is -4.98. The van der Waals surface area contributed by atoms with Crippen LogP contribution < -0.4 is 0 Å². The van der Waals surface area contributed by atoms with E-state index in [1.54, 1.807) is 0 Å². The zero-order valence-electron chi connectivity index (χ0n) is 6.68. The fourth-order valence-corrected chi connectivity index (χ4v) is 0.393. The zero-order chi connectivity index (χ0) is 9.61. The molecule has 0 aromatic carbocycles. The Bertz CT molecular complexity index is 163. The van der Waals surface area contributed by atoms with Gasteiger partial charge in [-0.3, -0.25) is 0 Å². The summed E-state index contributed by atoms with van der Waals surface area (Å²) >= 11 is 0. The molecule has 0 aromatic rings. The van der Waals surface area contributed by atoms with Crippen LogP contribution in [0, 0.1) is 0 Å².